The van der Waals surface area contributed by atoms with Crippen molar-refractivity contribution in [3.63, 3.8) is 0 Å². The number of methoxy groups -OCH3 is 1. The van der Waals surface area contributed by atoms with Gasteiger partial charge in [-0.2, -0.15) is 13.2 Å². The number of nitrogens with one attached hydrogen (secondary N) is 2. The lowest BCUT2D eigenvalue weighted by Crippen LogP contribution is -2.21. The van der Waals surface area contributed by atoms with Crippen LogP contribution >= 0.6 is 0 Å². The third-order valence-electron chi connectivity index (χ3n) is 3.72. The van der Waals surface area contributed by atoms with Gasteiger partial charge in [0.25, 0.3) is 5.91 Å². The summed E-state index contributed by atoms with van der Waals surface area (Å²) in [4.78, 5) is 24.2. The van der Waals surface area contributed by atoms with E-state index in [1.807, 2.05) is 0 Å². The van der Waals surface area contributed by atoms with Gasteiger partial charge in [-0.15, -0.1) is 0 Å². The Morgan fingerprint density at radius 2 is 1.94 bits per heavy atom. The lowest BCUT2D eigenvalue weighted by atomic mass is 10.3. The van der Waals surface area contributed by atoms with Gasteiger partial charge in [-0.25, -0.2) is 14.4 Å². The number of nitrogens with zero attached hydrogens (tertiary/aromatic N) is 3. The first-order chi connectivity index (χ1) is 14.7. The Bertz CT molecular complexity index is 1080. The minimum absolute atomic E-state index is 0.00283. The number of carbonyl (C=O) groups is 1. The van der Waals surface area contributed by atoms with Crippen LogP contribution in [0.3, 0.4) is 0 Å². The van der Waals surface area contributed by atoms with Crippen LogP contribution < -0.4 is 20.1 Å². The number of pyridine rings is 1. The molecular weight excluding hydrogens is 422 g/mol. The summed E-state index contributed by atoms with van der Waals surface area (Å²) in [6, 6.07) is 6.57. The fourth-order valence-electron chi connectivity index (χ4n) is 2.37. The highest BCUT2D eigenvalue weighted by molar-refractivity contribution is 6.03. The Balaban J connectivity index is 1.73. The Morgan fingerprint density at radius 1 is 1.13 bits per heavy atom. The van der Waals surface area contributed by atoms with Crippen molar-refractivity contribution in [2.24, 2.45) is 0 Å². The summed E-state index contributed by atoms with van der Waals surface area (Å²) < 4.78 is 60.6. The van der Waals surface area contributed by atoms with E-state index in [4.69, 9.17) is 9.47 Å². The van der Waals surface area contributed by atoms with Crippen LogP contribution in [0.2, 0.25) is 0 Å². The Labute approximate surface area is 173 Å². The number of alkyl halides is 3. The lowest BCUT2D eigenvalue weighted by molar-refractivity contribution is -0.153. The molecule has 162 valence electrons. The average molecular weight is 437 g/mol. The van der Waals surface area contributed by atoms with Crippen molar-refractivity contribution in [3.8, 4) is 11.5 Å². The molecule has 31 heavy (non-hydrogen) atoms. The van der Waals surface area contributed by atoms with Gasteiger partial charge in [0, 0.05) is 30.2 Å². The number of aromatic nitrogens is 3. The standard InChI is InChI=1S/C19H15F4N5O3/c1-30-15-3-2-11(8-12(15)20)26-18-25-7-4-13(28-18)17(29)27-14-9-24-6-5-16(14)31-10-19(21,22)23/h2-9H,10H2,1H3,(H,27,29)(H,25,26,28). The molecule has 0 spiro atoms. The van der Waals surface area contributed by atoms with Gasteiger partial charge in [0.1, 0.15) is 17.1 Å². The van der Waals surface area contributed by atoms with E-state index in [1.54, 1.807) is 0 Å². The minimum atomic E-state index is -4.54. The summed E-state index contributed by atoms with van der Waals surface area (Å²) in [6.45, 7) is -1.53. The zero-order valence-electron chi connectivity index (χ0n) is 15.9. The first kappa shape index (κ1) is 21.7. The van der Waals surface area contributed by atoms with Crippen LogP contribution in [0.1, 0.15) is 10.5 Å². The number of rotatable bonds is 7. The van der Waals surface area contributed by atoms with Crippen LogP contribution in [0.4, 0.5) is 34.9 Å². The number of anilines is 3. The molecule has 0 aliphatic rings. The molecule has 3 aromatic rings. The van der Waals surface area contributed by atoms with Gasteiger partial charge in [0.05, 0.1) is 13.3 Å². The molecule has 0 atom stereocenters. The molecule has 1 amide bonds. The van der Waals surface area contributed by atoms with Crippen molar-refractivity contribution in [1.82, 2.24) is 15.0 Å². The van der Waals surface area contributed by atoms with Gasteiger partial charge in [0.2, 0.25) is 5.95 Å². The highest BCUT2D eigenvalue weighted by atomic mass is 19.4. The molecule has 3 rings (SSSR count). The molecule has 0 bridgehead atoms. The Hall–Kier alpha value is -3.96. The van der Waals surface area contributed by atoms with Gasteiger partial charge in [-0.1, -0.05) is 0 Å². The van der Waals surface area contributed by atoms with Crippen molar-refractivity contribution in [1.29, 1.82) is 0 Å². The number of hydrogen-bond donors (Lipinski definition) is 2. The molecule has 1 aromatic carbocycles. The number of benzene rings is 1. The summed E-state index contributed by atoms with van der Waals surface area (Å²) in [5.74, 6) is -1.50. The van der Waals surface area contributed by atoms with Gasteiger partial charge in [0.15, 0.2) is 18.2 Å². The molecule has 8 nitrogen and oxygen atoms in total. The molecule has 2 heterocycles. The SMILES string of the molecule is COc1ccc(Nc2nccc(C(=O)Nc3cnccc3OCC(F)(F)F)n2)cc1F. The lowest BCUT2D eigenvalue weighted by Gasteiger charge is -2.13. The summed E-state index contributed by atoms with van der Waals surface area (Å²) in [6.07, 6.45) is -0.890. The molecule has 0 fully saturated rings. The Kier molecular flexibility index (Phi) is 6.48. The number of hydrogen-bond acceptors (Lipinski definition) is 7. The second kappa shape index (κ2) is 9.24. The van der Waals surface area contributed by atoms with Crippen LogP contribution in [0.25, 0.3) is 0 Å². The van der Waals surface area contributed by atoms with E-state index in [-0.39, 0.29) is 28.8 Å². The normalized spacial score (nSPS) is 11.0. The maximum absolute atomic E-state index is 13.8. The number of amides is 1. The second-order valence-electron chi connectivity index (χ2n) is 5.97. The number of halogens is 4. The van der Waals surface area contributed by atoms with E-state index < -0.39 is 24.5 Å². The molecular formula is C19H15F4N5O3. The summed E-state index contributed by atoms with van der Waals surface area (Å²) in [7, 11) is 1.33. The molecule has 2 N–H and O–H groups in total. The fourth-order valence-corrected chi connectivity index (χ4v) is 2.37. The van der Waals surface area contributed by atoms with Crippen LogP contribution in [-0.2, 0) is 0 Å². The van der Waals surface area contributed by atoms with E-state index in [2.05, 4.69) is 25.6 Å². The highest BCUT2D eigenvalue weighted by Gasteiger charge is 2.29. The predicted molar refractivity (Wildman–Crippen MR) is 102 cm³/mol. The van der Waals surface area contributed by atoms with E-state index in [1.165, 1.54) is 43.8 Å². The van der Waals surface area contributed by atoms with Crippen LogP contribution in [0.15, 0.2) is 48.9 Å². The van der Waals surface area contributed by atoms with Gasteiger partial charge in [-0.05, 0) is 18.2 Å². The van der Waals surface area contributed by atoms with Crippen molar-refractivity contribution in [3.05, 3.63) is 60.4 Å². The van der Waals surface area contributed by atoms with E-state index in [9.17, 15) is 22.4 Å². The zero-order valence-corrected chi connectivity index (χ0v) is 15.9. The van der Waals surface area contributed by atoms with Gasteiger partial charge >= 0.3 is 6.18 Å². The van der Waals surface area contributed by atoms with Crippen LogP contribution in [-0.4, -0.2) is 40.8 Å². The first-order valence-corrected chi connectivity index (χ1v) is 8.63. The maximum Gasteiger partial charge on any atom is 0.422 e. The molecule has 0 aliphatic carbocycles. The predicted octanol–water partition coefficient (Wildman–Crippen LogP) is 3.96. The van der Waals surface area contributed by atoms with Crippen LogP contribution in [0.5, 0.6) is 11.5 Å². The van der Waals surface area contributed by atoms with Crippen LogP contribution in [0, 0.1) is 5.82 Å². The van der Waals surface area contributed by atoms with Gasteiger partial charge in [-0.3, -0.25) is 9.78 Å². The van der Waals surface area contributed by atoms with Crippen molar-refractivity contribution in [2.45, 2.75) is 6.18 Å². The maximum atomic E-state index is 13.8. The molecule has 0 aliphatic heterocycles. The fraction of sp³-hybridized carbons (Fsp3) is 0.158. The third kappa shape index (κ3) is 6.01. The quantitative estimate of drug-likeness (QED) is 0.540. The molecule has 0 unspecified atom stereocenters. The monoisotopic (exact) mass is 437 g/mol. The van der Waals surface area contributed by atoms with Gasteiger partial charge < -0.3 is 20.1 Å². The van der Waals surface area contributed by atoms with E-state index in [0.717, 1.165) is 12.3 Å². The van der Waals surface area contributed by atoms with Crippen molar-refractivity contribution >= 4 is 23.2 Å². The largest absolute Gasteiger partial charge is 0.494 e. The topological polar surface area (TPSA) is 98.3 Å². The highest BCUT2D eigenvalue weighted by Crippen LogP contribution is 2.26. The number of ether oxygens (including phenoxy) is 2. The number of carbonyl (C=O) groups excluding carboxylic acids is 1. The summed E-state index contributed by atoms with van der Waals surface area (Å²) in [5, 5.41) is 5.13. The van der Waals surface area contributed by atoms with Crippen molar-refractivity contribution < 1.29 is 31.8 Å². The summed E-state index contributed by atoms with van der Waals surface area (Å²) in [5.41, 5.74) is 0.144. The molecule has 0 radical (unpaired) electrons. The van der Waals surface area contributed by atoms with E-state index in [0.29, 0.717) is 5.69 Å². The second-order valence-corrected chi connectivity index (χ2v) is 5.97. The molecule has 12 heteroatoms. The first-order valence-electron chi connectivity index (χ1n) is 8.63. The van der Waals surface area contributed by atoms with E-state index >= 15 is 0 Å². The molecule has 2 aromatic heterocycles. The van der Waals surface area contributed by atoms with Crippen molar-refractivity contribution in [2.75, 3.05) is 24.4 Å². The molecule has 0 saturated heterocycles. The zero-order chi connectivity index (χ0) is 22.4. The minimum Gasteiger partial charge on any atom is -0.494 e. The Morgan fingerprint density at radius 3 is 2.65 bits per heavy atom. The molecule has 0 saturated carbocycles. The average Bonchev–Trinajstić information content (AvgIpc) is 2.73. The smallest absolute Gasteiger partial charge is 0.422 e. The third-order valence-corrected chi connectivity index (χ3v) is 3.72. The summed E-state index contributed by atoms with van der Waals surface area (Å²) >= 11 is 0.